The summed E-state index contributed by atoms with van der Waals surface area (Å²) in [6.45, 7) is 14.5. The van der Waals surface area contributed by atoms with Crippen LogP contribution in [-0.2, 0) is 10.8 Å². The highest BCUT2D eigenvalue weighted by Gasteiger charge is 2.32. The van der Waals surface area contributed by atoms with Crippen molar-refractivity contribution in [2.24, 2.45) is 0 Å². The molecule has 0 aliphatic carbocycles. The van der Waals surface area contributed by atoms with Gasteiger partial charge in [-0.3, -0.25) is 0 Å². The predicted octanol–water partition coefficient (Wildman–Crippen LogP) is 8.54. The highest BCUT2D eigenvalue weighted by molar-refractivity contribution is 5.52. The Morgan fingerprint density at radius 3 is 0.833 bits per heavy atom. The first-order chi connectivity index (χ1) is 17.2. The summed E-state index contributed by atoms with van der Waals surface area (Å²) in [6.07, 6.45) is 0. The second kappa shape index (κ2) is 12.3. The molecule has 0 aromatic heterocycles. The minimum Gasteiger partial charge on any atom is -0.508 e. The van der Waals surface area contributed by atoms with Crippen LogP contribution >= 0.6 is 0 Å². The van der Waals surface area contributed by atoms with E-state index >= 15 is 0 Å². The molecule has 36 heavy (non-hydrogen) atoms. The van der Waals surface area contributed by atoms with Crippen LogP contribution in [0.25, 0.3) is 0 Å². The predicted molar refractivity (Wildman–Crippen MR) is 151 cm³/mol. The average molecular weight is 485 g/mol. The van der Waals surface area contributed by atoms with Gasteiger partial charge in [-0.25, -0.2) is 0 Å². The second-order valence-corrected chi connectivity index (χ2v) is 8.97. The maximum absolute atomic E-state index is 9.80. The lowest BCUT2D eigenvalue weighted by Crippen LogP contribution is -2.26. The van der Waals surface area contributed by atoms with Crippen LogP contribution in [0.3, 0.4) is 0 Å². The van der Waals surface area contributed by atoms with Crippen molar-refractivity contribution in [2.75, 3.05) is 0 Å². The van der Waals surface area contributed by atoms with E-state index in [2.05, 4.69) is 45.0 Å². The van der Waals surface area contributed by atoms with E-state index in [9.17, 15) is 15.3 Å². The fraction of sp³-hybridized carbons (Fsp3) is 0.273. The van der Waals surface area contributed by atoms with E-state index in [1.54, 1.807) is 36.4 Å². The molecule has 0 fully saturated rings. The summed E-state index contributed by atoms with van der Waals surface area (Å²) in [7, 11) is 0. The summed E-state index contributed by atoms with van der Waals surface area (Å²) in [5.41, 5.74) is 4.81. The van der Waals surface area contributed by atoms with Gasteiger partial charge in [-0.2, -0.15) is 0 Å². The largest absolute Gasteiger partial charge is 0.508 e. The summed E-state index contributed by atoms with van der Waals surface area (Å²) in [5, 5.41) is 29.2. The molecule has 0 atom stereocenters. The monoisotopic (exact) mass is 484 g/mol. The standard InChI is InChI=1S/C29H28O3.2C2H6/c1-28(2,21-8-14-25(30)15-9-21)20-4-6-22(7-5-20)29(3,23-10-16-26(31)17-11-23)24-12-18-27(32)19-13-24;2*1-2/h4-19,30-32H,1-3H3;2*1-2H3. The van der Waals surface area contributed by atoms with Crippen LogP contribution in [0.5, 0.6) is 17.2 Å². The molecular formula is C33H40O3. The Kier molecular flexibility index (Phi) is 9.75. The first-order valence-corrected chi connectivity index (χ1v) is 12.7. The molecule has 3 heteroatoms. The Morgan fingerprint density at radius 2 is 0.556 bits per heavy atom. The first kappa shape index (κ1) is 28.5. The number of phenolic OH excluding ortho intramolecular Hbond substituents is 3. The first-order valence-electron chi connectivity index (χ1n) is 12.7. The molecule has 0 aliphatic heterocycles. The topological polar surface area (TPSA) is 60.7 Å². The Labute approximate surface area is 216 Å². The fourth-order valence-electron chi connectivity index (χ4n) is 4.35. The average Bonchev–Trinajstić information content (AvgIpc) is 2.92. The van der Waals surface area contributed by atoms with Gasteiger partial charge in [0.05, 0.1) is 0 Å². The lowest BCUT2D eigenvalue weighted by molar-refractivity contribution is 0.473. The third-order valence-electron chi connectivity index (χ3n) is 6.66. The van der Waals surface area contributed by atoms with E-state index < -0.39 is 5.41 Å². The number of rotatable bonds is 5. The molecule has 0 radical (unpaired) electrons. The van der Waals surface area contributed by atoms with Crippen LogP contribution < -0.4 is 0 Å². The zero-order valence-corrected chi connectivity index (χ0v) is 22.6. The zero-order chi connectivity index (χ0) is 26.9. The zero-order valence-electron chi connectivity index (χ0n) is 22.6. The number of aromatic hydroxyl groups is 3. The molecule has 3 nitrogen and oxygen atoms in total. The normalized spacial score (nSPS) is 11.0. The highest BCUT2D eigenvalue weighted by atomic mass is 16.3. The summed E-state index contributed by atoms with van der Waals surface area (Å²) in [5.74, 6) is 0.721. The maximum Gasteiger partial charge on any atom is 0.115 e. The molecule has 0 spiro atoms. The van der Waals surface area contributed by atoms with Crippen molar-refractivity contribution in [2.45, 2.75) is 59.3 Å². The molecular weight excluding hydrogens is 444 g/mol. The second-order valence-electron chi connectivity index (χ2n) is 8.97. The van der Waals surface area contributed by atoms with Gasteiger partial charge in [-0.05, 0) is 71.1 Å². The quantitative estimate of drug-likeness (QED) is 0.249. The van der Waals surface area contributed by atoms with Crippen LogP contribution in [0, 0.1) is 0 Å². The van der Waals surface area contributed by atoms with Crippen LogP contribution in [0.1, 0.15) is 76.3 Å². The number of benzene rings is 4. The van der Waals surface area contributed by atoms with E-state index in [1.165, 1.54) is 5.56 Å². The molecule has 0 saturated heterocycles. The number of hydrogen-bond donors (Lipinski definition) is 3. The molecule has 4 aromatic carbocycles. The summed E-state index contributed by atoms with van der Waals surface area (Å²) in [4.78, 5) is 0. The third kappa shape index (κ3) is 5.91. The lowest BCUT2D eigenvalue weighted by Gasteiger charge is -2.33. The minimum absolute atomic E-state index is 0.223. The lowest BCUT2D eigenvalue weighted by atomic mass is 9.70. The molecule has 0 saturated carbocycles. The van der Waals surface area contributed by atoms with E-state index in [0.717, 1.165) is 22.3 Å². The van der Waals surface area contributed by atoms with Gasteiger partial charge >= 0.3 is 0 Å². The van der Waals surface area contributed by atoms with E-state index in [1.807, 2.05) is 64.1 Å². The molecule has 0 heterocycles. The van der Waals surface area contributed by atoms with Crippen molar-refractivity contribution in [3.8, 4) is 17.2 Å². The van der Waals surface area contributed by atoms with Crippen molar-refractivity contribution in [3.63, 3.8) is 0 Å². The van der Waals surface area contributed by atoms with E-state index in [0.29, 0.717) is 0 Å². The molecule has 190 valence electrons. The molecule has 0 aliphatic rings. The molecule has 0 unspecified atom stereocenters. The summed E-state index contributed by atoms with van der Waals surface area (Å²) < 4.78 is 0. The van der Waals surface area contributed by atoms with Crippen molar-refractivity contribution in [3.05, 3.63) is 125 Å². The van der Waals surface area contributed by atoms with Gasteiger partial charge in [0.25, 0.3) is 0 Å². The van der Waals surface area contributed by atoms with Crippen LogP contribution in [-0.4, -0.2) is 15.3 Å². The maximum atomic E-state index is 9.80. The van der Waals surface area contributed by atoms with Crippen LogP contribution in [0.15, 0.2) is 97.1 Å². The molecule has 4 rings (SSSR count). The molecule has 0 bridgehead atoms. The van der Waals surface area contributed by atoms with Gasteiger partial charge in [-0.1, -0.05) is 102 Å². The van der Waals surface area contributed by atoms with Crippen molar-refractivity contribution in [1.29, 1.82) is 0 Å². The van der Waals surface area contributed by atoms with Crippen molar-refractivity contribution in [1.82, 2.24) is 0 Å². The smallest absolute Gasteiger partial charge is 0.115 e. The van der Waals surface area contributed by atoms with E-state index in [-0.39, 0.29) is 22.7 Å². The highest BCUT2D eigenvalue weighted by Crippen LogP contribution is 2.41. The van der Waals surface area contributed by atoms with Gasteiger partial charge in [0.1, 0.15) is 17.2 Å². The van der Waals surface area contributed by atoms with Crippen LogP contribution in [0.4, 0.5) is 0 Å². The van der Waals surface area contributed by atoms with Crippen molar-refractivity contribution < 1.29 is 15.3 Å². The van der Waals surface area contributed by atoms with Gasteiger partial charge in [0.15, 0.2) is 0 Å². The van der Waals surface area contributed by atoms with E-state index in [4.69, 9.17) is 0 Å². The summed E-state index contributed by atoms with van der Waals surface area (Å²) in [6, 6.07) is 30.5. The van der Waals surface area contributed by atoms with Gasteiger partial charge < -0.3 is 15.3 Å². The van der Waals surface area contributed by atoms with Crippen molar-refractivity contribution >= 4 is 0 Å². The van der Waals surface area contributed by atoms with Gasteiger partial charge in [0, 0.05) is 10.8 Å². The van der Waals surface area contributed by atoms with Crippen LogP contribution in [0.2, 0.25) is 0 Å². The summed E-state index contributed by atoms with van der Waals surface area (Å²) >= 11 is 0. The third-order valence-corrected chi connectivity index (χ3v) is 6.66. The Balaban J connectivity index is 0.00000109. The molecule has 4 aromatic rings. The number of phenols is 3. The number of hydrogen-bond acceptors (Lipinski definition) is 3. The van der Waals surface area contributed by atoms with Gasteiger partial charge in [0.2, 0.25) is 0 Å². The minimum atomic E-state index is -0.470. The Morgan fingerprint density at radius 1 is 0.361 bits per heavy atom. The Hall–Kier alpha value is -3.72. The Bertz CT molecular complexity index is 1140. The molecule has 0 amide bonds. The SMILES string of the molecule is CC.CC.CC(C)(c1ccc(O)cc1)c1ccc(C(C)(c2ccc(O)cc2)c2ccc(O)cc2)cc1. The fourth-order valence-corrected chi connectivity index (χ4v) is 4.35. The van der Waals surface area contributed by atoms with Gasteiger partial charge in [-0.15, -0.1) is 0 Å². The molecule has 3 N–H and O–H groups in total.